The number of hydrogen-bond acceptors (Lipinski definition) is 1. The zero-order chi connectivity index (χ0) is 8.43. The molecular weight excluding hydrogens is 136 g/mol. The smallest absolute Gasteiger partial charge is 0.0553 e. The van der Waals surface area contributed by atoms with E-state index >= 15 is 0 Å². The van der Waals surface area contributed by atoms with Gasteiger partial charge in [-0.25, -0.2) is 0 Å². The Hall–Kier alpha value is -0.0400. The number of hydrogen-bond donors (Lipinski definition) is 0. The van der Waals surface area contributed by atoms with Crippen molar-refractivity contribution in [1.82, 2.24) is 0 Å². The van der Waals surface area contributed by atoms with Gasteiger partial charge in [0.2, 0.25) is 0 Å². The lowest BCUT2D eigenvalue weighted by molar-refractivity contribution is -0.0605. The maximum atomic E-state index is 5.67. The van der Waals surface area contributed by atoms with E-state index in [-0.39, 0.29) is 0 Å². The summed E-state index contributed by atoms with van der Waals surface area (Å²) in [5.41, 5.74) is 0. The fraction of sp³-hybridized carbons (Fsp3) is 1.00. The molecular formula is C10H20O. The van der Waals surface area contributed by atoms with Crippen LogP contribution in [0.1, 0.15) is 40.5 Å². The Kier molecular flexibility index (Phi) is 2.94. The van der Waals surface area contributed by atoms with Crippen LogP contribution in [0.2, 0.25) is 0 Å². The first-order valence-corrected chi connectivity index (χ1v) is 4.75. The van der Waals surface area contributed by atoms with Crippen LogP contribution < -0.4 is 0 Å². The summed E-state index contributed by atoms with van der Waals surface area (Å²) >= 11 is 0. The summed E-state index contributed by atoms with van der Waals surface area (Å²) in [6.45, 7) is 9.00. The molecule has 0 aliphatic carbocycles. The van der Waals surface area contributed by atoms with Crippen molar-refractivity contribution in [2.75, 3.05) is 0 Å². The summed E-state index contributed by atoms with van der Waals surface area (Å²) in [5.74, 6) is 1.71. The highest BCUT2D eigenvalue weighted by Crippen LogP contribution is 2.29. The molecule has 1 saturated heterocycles. The molecule has 0 aromatic rings. The molecule has 3 atom stereocenters. The van der Waals surface area contributed by atoms with Gasteiger partial charge in [0.05, 0.1) is 12.2 Å². The molecule has 1 fully saturated rings. The second-order valence-electron chi connectivity index (χ2n) is 4.23. The standard InChI is InChI=1S/C10H20O/c1-7(2)10-5-8(3)11-9(4)6-10/h7-10H,5-6H2,1-4H3/t8-,9+,10-. The highest BCUT2D eigenvalue weighted by Gasteiger charge is 2.25. The molecule has 0 bridgehead atoms. The van der Waals surface area contributed by atoms with Crippen molar-refractivity contribution in [3.8, 4) is 0 Å². The van der Waals surface area contributed by atoms with Crippen LogP contribution in [-0.4, -0.2) is 12.2 Å². The van der Waals surface area contributed by atoms with Crippen molar-refractivity contribution in [3.05, 3.63) is 0 Å². The lowest BCUT2D eigenvalue weighted by atomic mass is 9.84. The maximum absolute atomic E-state index is 5.67. The largest absolute Gasteiger partial charge is 0.376 e. The topological polar surface area (TPSA) is 9.23 Å². The predicted molar refractivity (Wildman–Crippen MR) is 47.6 cm³/mol. The first-order valence-electron chi connectivity index (χ1n) is 4.75. The lowest BCUT2D eigenvalue weighted by Crippen LogP contribution is -2.31. The molecule has 0 aromatic carbocycles. The minimum atomic E-state index is 0.478. The maximum Gasteiger partial charge on any atom is 0.0553 e. The average molecular weight is 156 g/mol. The van der Waals surface area contributed by atoms with Gasteiger partial charge in [-0.05, 0) is 38.5 Å². The molecule has 1 heterocycles. The van der Waals surface area contributed by atoms with E-state index < -0.39 is 0 Å². The summed E-state index contributed by atoms with van der Waals surface area (Å²) in [5, 5.41) is 0. The predicted octanol–water partition coefficient (Wildman–Crippen LogP) is 2.85. The van der Waals surface area contributed by atoms with Crippen molar-refractivity contribution >= 4 is 0 Å². The van der Waals surface area contributed by atoms with Gasteiger partial charge in [0.25, 0.3) is 0 Å². The second-order valence-corrected chi connectivity index (χ2v) is 4.23. The van der Waals surface area contributed by atoms with Crippen LogP contribution in [0.15, 0.2) is 0 Å². The molecule has 1 nitrogen and oxygen atoms in total. The summed E-state index contributed by atoms with van der Waals surface area (Å²) in [6, 6.07) is 0. The Balaban J connectivity index is 2.43. The van der Waals surface area contributed by atoms with Gasteiger partial charge in [-0.15, -0.1) is 0 Å². The van der Waals surface area contributed by atoms with Gasteiger partial charge in [0.1, 0.15) is 0 Å². The Labute approximate surface area is 70.1 Å². The Morgan fingerprint density at radius 1 is 1.09 bits per heavy atom. The van der Waals surface area contributed by atoms with E-state index in [1.807, 2.05) is 0 Å². The Morgan fingerprint density at radius 3 is 1.91 bits per heavy atom. The Bertz CT molecular complexity index is 110. The van der Waals surface area contributed by atoms with Gasteiger partial charge in [-0.1, -0.05) is 13.8 Å². The molecule has 0 spiro atoms. The number of ether oxygens (including phenoxy) is 1. The first kappa shape index (κ1) is 9.05. The van der Waals surface area contributed by atoms with E-state index in [4.69, 9.17) is 4.74 Å². The molecule has 0 radical (unpaired) electrons. The molecule has 1 rings (SSSR count). The van der Waals surface area contributed by atoms with E-state index in [2.05, 4.69) is 27.7 Å². The minimum Gasteiger partial charge on any atom is -0.376 e. The van der Waals surface area contributed by atoms with Crippen LogP contribution >= 0.6 is 0 Å². The molecule has 0 amide bonds. The van der Waals surface area contributed by atoms with E-state index in [1.165, 1.54) is 12.8 Å². The molecule has 11 heavy (non-hydrogen) atoms. The van der Waals surface area contributed by atoms with Crippen molar-refractivity contribution in [3.63, 3.8) is 0 Å². The molecule has 1 aliphatic heterocycles. The number of rotatable bonds is 1. The summed E-state index contributed by atoms with van der Waals surface area (Å²) in [6.07, 6.45) is 3.46. The van der Waals surface area contributed by atoms with E-state index in [0.29, 0.717) is 12.2 Å². The Morgan fingerprint density at radius 2 is 1.55 bits per heavy atom. The van der Waals surface area contributed by atoms with Crippen molar-refractivity contribution in [1.29, 1.82) is 0 Å². The van der Waals surface area contributed by atoms with Crippen LogP contribution in [0.4, 0.5) is 0 Å². The highest BCUT2D eigenvalue weighted by atomic mass is 16.5. The molecule has 0 N–H and O–H groups in total. The normalized spacial score (nSPS) is 39.5. The zero-order valence-electron chi connectivity index (χ0n) is 8.13. The molecule has 0 saturated carbocycles. The summed E-state index contributed by atoms with van der Waals surface area (Å²) in [7, 11) is 0. The third-order valence-corrected chi connectivity index (χ3v) is 2.68. The van der Waals surface area contributed by atoms with E-state index in [1.54, 1.807) is 0 Å². The quantitative estimate of drug-likeness (QED) is 0.567. The molecule has 0 aromatic heterocycles. The minimum absolute atomic E-state index is 0.478. The van der Waals surface area contributed by atoms with Gasteiger partial charge >= 0.3 is 0 Å². The van der Waals surface area contributed by atoms with Crippen molar-refractivity contribution in [2.45, 2.75) is 52.7 Å². The second kappa shape index (κ2) is 3.57. The fourth-order valence-corrected chi connectivity index (χ4v) is 2.00. The average Bonchev–Trinajstić information content (AvgIpc) is 1.85. The van der Waals surface area contributed by atoms with Crippen LogP contribution in [0.3, 0.4) is 0 Å². The first-order chi connectivity index (χ1) is 5.09. The lowest BCUT2D eigenvalue weighted by Gasteiger charge is -2.34. The fourth-order valence-electron chi connectivity index (χ4n) is 2.00. The van der Waals surface area contributed by atoms with Crippen molar-refractivity contribution < 1.29 is 4.74 Å². The molecule has 1 aliphatic rings. The van der Waals surface area contributed by atoms with Crippen LogP contribution in [0, 0.1) is 11.8 Å². The van der Waals surface area contributed by atoms with Gasteiger partial charge in [-0.3, -0.25) is 0 Å². The van der Waals surface area contributed by atoms with Gasteiger partial charge in [0, 0.05) is 0 Å². The molecule has 1 heteroatoms. The molecule has 0 unspecified atom stereocenters. The summed E-state index contributed by atoms with van der Waals surface area (Å²) < 4.78 is 5.67. The van der Waals surface area contributed by atoms with Gasteiger partial charge in [-0.2, -0.15) is 0 Å². The van der Waals surface area contributed by atoms with Crippen molar-refractivity contribution in [2.24, 2.45) is 11.8 Å². The monoisotopic (exact) mass is 156 g/mol. The van der Waals surface area contributed by atoms with E-state index in [0.717, 1.165) is 11.8 Å². The third-order valence-electron chi connectivity index (χ3n) is 2.68. The SMILES string of the molecule is CC(C)[C@@H]1C[C@@H](C)O[C@@H](C)C1. The van der Waals surface area contributed by atoms with Gasteiger partial charge < -0.3 is 4.74 Å². The highest BCUT2D eigenvalue weighted by molar-refractivity contribution is 4.75. The third kappa shape index (κ3) is 2.48. The summed E-state index contributed by atoms with van der Waals surface area (Å²) in [4.78, 5) is 0. The van der Waals surface area contributed by atoms with E-state index in [9.17, 15) is 0 Å². The zero-order valence-corrected chi connectivity index (χ0v) is 8.13. The van der Waals surface area contributed by atoms with Crippen LogP contribution in [-0.2, 0) is 4.74 Å². The van der Waals surface area contributed by atoms with Crippen LogP contribution in [0.25, 0.3) is 0 Å². The molecule has 66 valence electrons. The van der Waals surface area contributed by atoms with Gasteiger partial charge in [0.15, 0.2) is 0 Å². The van der Waals surface area contributed by atoms with Crippen LogP contribution in [0.5, 0.6) is 0 Å².